The van der Waals surface area contributed by atoms with Crippen LogP contribution >= 0.6 is 0 Å². The van der Waals surface area contributed by atoms with E-state index < -0.39 is 0 Å². The monoisotopic (exact) mass is 319 g/mol. The van der Waals surface area contributed by atoms with Crippen molar-refractivity contribution in [1.29, 1.82) is 0 Å². The van der Waals surface area contributed by atoms with Gasteiger partial charge in [-0.25, -0.2) is 9.97 Å². The number of aromatic nitrogens is 3. The first-order valence-corrected chi connectivity index (χ1v) is 7.55. The highest BCUT2D eigenvalue weighted by Crippen LogP contribution is 2.11. The summed E-state index contributed by atoms with van der Waals surface area (Å²) < 4.78 is 0. The Morgan fingerprint density at radius 2 is 1.79 bits per heavy atom. The number of carbonyl (C=O) groups is 1. The van der Waals surface area contributed by atoms with Gasteiger partial charge in [0.2, 0.25) is 5.95 Å². The molecule has 6 heteroatoms. The smallest absolute Gasteiger partial charge is 0.274 e. The molecular formula is C18H17N5O. The zero-order chi connectivity index (χ0) is 16.8. The van der Waals surface area contributed by atoms with Crippen molar-refractivity contribution in [3.05, 3.63) is 77.9 Å². The summed E-state index contributed by atoms with van der Waals surface area (Å²) in [5, 5.41) is 5.95. The molecule has 1 amide bonds. The van der Waals surface area contributed by atoms with E-state index in [2.05, 4.69) is 25.6 Å². The Labute approximate surface area is 140 Å². The predicted octanol–water partition coefficient (Wildman–Crippen LogP) is 3.04. The van der Waals surface area contributed by atoms with Gasteiger partial charge in [0.15, 0.2) is 0 Å². The van der Waals surface area contributed by atoms with Gasteiger partial charge in [-0.15, -0.1) is 0 Å². The van der Waals surface area contributed by atoms with Crippen LogP contribution in [0, 0.1) is 6.92 Å². The third-order valence-corrected chi connectivity index (χ3v) is 3.32. The molecular weight excluding hydrogens is 302 g/mol. The van der Waals surface area contributed by atoms with Gasteiger partial charge in [-0.05, 0) is 42.8 Å². The van der Waals surface area contributed by atoms with Crippen molar-refractivity contribution in [2.24, 2.45) is 0 Å². The maximum atomic E-state index is 12.4. The molecule has 0 saturated heterocycles. The third kappa shape index (κ3) is 4.13. The van der Waals surface area contributed by atoms with E-state index in [0.717, 1.165) is 16.9 Å². The highest BCUT2D eigenvalue weighted by atomic mass is 16.1. The van der Waals surface area contributed by atoms with Gasteiger partial charge in [-0.1, -0.05) is 18.2 Å². The molecule has 6 nitrogen and oxygen atoms in total. The van der Waals surface area contributed by atoms with Gasteiger partial charge >= 0.3 is 0 Å². The number of anilines is 2. The van der Waals surface area contributed by atoms with Gasteiger partial charge in [0.1, 0.15) is 5.69 Å². The molecule has 2 heterocycles. The Balaban J connectivity index is 1.72. The van der Waals surface area contributed by atoms with Crippen LogP contribution in [0.25, 0.3) is 0 Å². The Bertz CT molecular complexity index is 821. The molecule has 2 N–H and O–H groups in total. The fourth-order valence-electron chi connectivity index (χ4n) is 2.16. The average Bonchev–Trinajstić information content (AvgIpc) is 2.61. The van der Waals surface area contributed by atoms with Crippen molar-refractivity contribution in [2.45, 2.75) is 13.5 Å². The minimum absolute atomic E-state index is 0.265. The number of pyridine rings is 1. The molecule has 24 heavy (non-hydrogen) atoms. The van der Waals surface area contributed by atoms with Gasteiger partial charge < -0.3 is 10.6 Å². The second kappa shape index (κ2) is 7.32. The molecule has 0 saturated carbocycles. The molecule has 0 unspecified atom stereocenters. The van der Waals surface area contributed by atoms with Gasteiger partial charge in [-0.3, -0.25) is 9.78 Å². The van der Waals surface area contributed by atoms with E-state index in [1.807, 2.05) is 49.4 Å². The van der Waals surface area contributed by atoms with Crippen molar-refractivity contribution in [1.82, 2.24) is 15.0 Å². The number of para-hydroxylation sites is 1. The van der Waals surface area contributed by atoms with Crippen LogP contribution in [0.5, 0.6) is 0 Å². The van der Waals surface area contributed by atoms with Crippen LogP contribution in [-0.2, 0) is 6.54 Å². The topological polar surface area (TPSA) is 79.8 Å². The highest BCUT2D eigenvalue weighted by molar-refractivity contribution is 6.03. The Hall–Kier alpha value is -3.28. The predicted molar refractivity (Wildman–Crippen MR) is 92.7 cm³/mol. The molecule has 0 fully saturated rings. The zero-order valence-electron chi connectivity index (χ0n) is 13.2. The molecule has 0 aliphatic rings. The van der Waals surface area contributed by atoms with E-state index in [4.69, 9.17) is 0 Å². The molecule has 0 spiro atoms. The number of aryl methyl sites for hydroxylation is 1. The summed E-state index contributed by atoms with van der Waals surface area (Å²) in [6.07, 6.45) is 3.46. The maximum Gasteiger partial charge on any atom is 0.274 e. The molecule has 0 bridgehead atoms. The molecule has 1 aromatic carbocycles. The molecule has 3 aromatic rings. The van der Waals surface area contributed by atoms with Gasteiger partial charge in [0.05, 0.1) is 0 Å². The van der Waals surface area contributed by atoms with Gasteiger partial charge in [0.25, 0.3) is 5.91 Å². The second-order valence-electron chi connectivity index (χ2n) is 5.25. The van der Waals surface area contributed by atoms with E-state index >= 15 is 0 Å². The van der Waals surface area contributed by atoms with E-state index in [-0.39, 0.29) is 5.91 Å². The number of nitrogens with one attached hydrogen (secondary N) is 2. The molecule has 3 rings (SSSR count). The van der Waals surface area contributed by atoms with Crippen molar-refractivity contribution in [3.8, 4) is 0 Å². The summed E-state index contributed by atoms with van der Waals surface area (Å²) in [4.78, 5) is 25.0. The minimum Gasteiger partial charge on any atom is -0.350 e. The number of hydrogen-bond acceptors (Lipinski definition) is 5. The van der Waals surface area contributed by atoms with E-state index in [1.165, 1.54) is 0 Å². The van der Waals surface area contributed by atoms with Crippen molar-refractivity contribution in [2.75, 3.05) is 10.6 Å². The van der Waals surface area contributed by atoms with Crippen LogP contribution in [0.4, 0.5) is 11.6 Å². The molecule has 0 atom stereocenters. The highest BCUT2D eigenvalue weighted by Gasteiger charge is 2.11. The quantitative estimate of drug-likeness (QED) is 0.755. The summed E-state index contributed by atoms with van der Waals surface area (Å²) in [6, 6.07) is 14.8. The van der Waals surface area contributed by atoms with Crippen LogP contribution in [0.15, 0.2) is 60.9 Å². The summed E-state index contributed by atoms with van der Waals surface area (Å²) in [6.45, 7) is 2.39. The number of hydrogen-bond donors (Lipinski definition) is 2. The first kappa shape index (κ1) is 15.6. The molecule has 0 aliphatic carbocycles. The van der Waals surface area contributed by atoms with Crippen molar-refractivity contribution in [3.63, 3.8) is 0 Å². The second-order valence-corrected chi connectivity index (χ2v) is 5.25. The van der Waals surface area contributed by atoms with Gasteiger partial charge in [-0.2, -0.15) is 0 Å². The van der Waals surface area contributed by atoms with E-state index in [0.29, 0.717) is 18.2 Å². The fraction of sp³-hybridized carbons (Fsp3) is 0.111. The zero-order valence-corrected chi connectivity index (χ0v) is 13.2. The first-order valence-electron chi connectivity index (χ1n) is 7.55. The normalized spacial score (nSPS) is 10.2. The lowest BCUT2D eigenvalue weighted by molar-refractivity contribution is 0.102. The first-order chi connectivity index (χ1) is 11.7. The lowest BCUT2D eigenvalue weighted by atomic mass is 10.2. The number of nitrogens with zero attached hydrogens (tertiary/aromatic N) is 3. The fourth-order valence-corrected chi connectivity index (χ4v) is 2.16. The van der Waals surface area contributed by atoms with E-state index in [1.54, 1.807) is 18.5 Å². The largest absolute Gasteiger partial charge is 0.350 e. The Morgan fingerprint density at radius 3 is 2.54 bits per heavy atom. The lowest BCUT2D eigenvalue weighted by Gasteiger charge is -2.09. The summed E-state index contributed by atoms with van der Waals surface area (Å²) in [5.74, 6) is 0.156. The van der Waals surface area contributed by atoms with Crippen molar-refractivity contribution >= 4 is 17.5 Å². The summed E-state index contributed by atoms with van der Waals surface area (Å²) in [7, 11) is 0. The molecule has 0 radical (unpaired) electrons. The van der Waals surface area contributed by atoms with E-state index in [9.17, 15) is 4.79 Å². The molecule has 0 aliphatic heterocycles. The maximum absolute atomic E-state index is 12.4. The molecule has 2 aromatic heterocycles. The Morgan fingerprint density at radius 1 is 1.04 bits per heavy atom. The number of amides is 1. The van der Waals surface area contributed by atoms with Crippen LogP contribution in [-0.4, -0.2) is 20.9 Å². The lowest BCUT2D eigenvalue weighted by Crippen LogP contribution is -2.16. The average molecular weight is 319 g/mol. The summed E-state index contributed by atoms with van der Waals surface area (Å²) >= 11 is 0. The SMILES string of the molecule is Cc1cc(C(=O)Nc2ccccc2)nc(NCc2ccncc2)n1. The van der Waals surface area contributed by atoms with Crippen LogP contribution in [0.3, 0.4) is 0 Å². The number of carbonyl (C=O) groups excluding carboxylic acids is 1. The molecule has 120 valence electrons. The Kier molecular flexibility index (Phi) is 4.76. The van der Waals surface area contributed by atoms with Crippen molar-refractivity contribution < 1.29 is 4.79 Å². The van der Waals surface area contributed by atoms with Crippen LogP contribution < -0.4 is 10.6 Å². The van der Waals surface area contributed by atoms with Gasteiger partial charge in [0, 0.05) is 30.3 Å². The standard InChI is InChI=1S/C18H17N5O/c1-13-11-16(17(24)22-15-5-3-2-4-6-15)23-18(21-13)20-12-14-7-9-19-10-8-14/h2-11H,12H2,1H3,(H,22,24)(H,20,21,23). The third-order valence-electron chi connectivity index (χ3n) is 3.32. The van der Waals surface area contributed by atoms with Crippen LogP contribution in [0.2, 0.25) is 0 Å². The minimum atomic E-state index is -0.265. The summed E-state index contributed by atoms with van der Waals surface area (Å²) in [5.41, 5.74) is 2.83. The van der Waals surface area contributed by atoms with Crippen LogP contribution in [0.1, 0.15) is 21.7 Å². The number of benzene rings is 1. The number of rotatable bonds is 5.